The summed E-state index contributed by atoms with van der Waals surface area (Å²) in [6.45, 7) is 2.35. The van der Waals surface area contributed by atoms with E-state index in [0.29, 0.717) is 46.1 Å². The van der Waals surface area contributed by atoms with Gasteiger partial charge in [-0.3, -0.25) is 4.79 Å². The molecule has 0 fully saturated rings. The largest absolute Gasteiger partial charge is 0.488 e. The van der Waals surface area contributed by atoms with Crippen molar-refractivity contribution in [1.29, 1.82) is 0 Å². The predicted molar refractivity (Wildman–Crippen MR) is 128 cm³/mol. The summed E-state index contributed by atoms with van der Waals surface area (Å²) in [5.41, 5.74) is 2.14. The second-order valence-electron chi connectivity index (χ2n) is 6.86. The van der Waals surface area contributed by atoms with Gasteiger partial charge in [-0.05, 0) is 42.0 Å². The Morgan fingerprint density at radius 1 is 1.13 bits per heavy atom. The Hall–Kier alpha value is -2.96. The van der Waals surface area contributed by atoms with Crippen LogP contribution in [0.15, 0.2) is 81.1 Å². The maximum atomic E-state index is 13.1. The lowest BCUT2D eigenvalue weighted by molar-refractivity contribution is 0.306. The Morgan fingerprint density at radius 2 is 1.94 bits per heavy atom. The van der Waals surface area contributed by atoms with Gasteiger partial charge in [0.2, 0.25) is 0 Å². The highest BCUT2D eigenvalue weighted by molar-refractivity contribution is 9.10. The Kier molecular flexibility index (Phi) is 6.49. The van der Waals surface area contributed by atoms with Crippen LogP contribution >= 0.6 is 27.5 Å². The summed E-state index contributed by atoms with van der Waals surface area (Å²) in [7, 11) is 0. The monoisotopic (exact) mass is 495 g/mol. The summed E-state index contributed by atoms with van der Waals surface area (Å²) in [5.74, 6) is 1.20. The third-order valence-corrected chi connectivity index (χ3v) is 5.44. The second-order valence-corrected chi connectivity index (χ2v) is 8.21. The van der Waals surface area contributed by atoms with Gasteiger partial charge in [0.15, 0.2) is 0 Å². The van der Waals surface area contributed by atoms with E-state index >= 15 is 0 Å². The van der Waals surface area contributed by atoms with E-state index in [4.69, 9.17) is 16.3 Å². The standard InChI is InChI=1S/C24H19BrClN3O2/c1-2-23-28-21-10-8-18(25)13-20(21)24(30)29(23)27-14-17-12-19(26)9-11-22(17)31-15-16-6-4-3-5-7-16/h3-14H,2,15H2,1H3. The minimum Gasteiger partial charge on any atom is -0.488 e. The molecule has 1 heterocycles. The number of rotatable bonds is 6. The fourth-order valence-corrected chi connectivity index (χ4v) is 3.69. The molecule has 7 heteroatoms. The van der Waals surface area contributed by atoms with E-state index < -0.39 is 0 Å². The molecule has 0 saturated carbocycles. The van der Waals surface area contributed by atoms with Crippen LogP contribution in [-0.4, -0.2) is 15.9 Å². The molecule has 3 aromatic carbocycles. The minimum absolute atomic E-state index is 0.229. The Labute approximate surface area is 193 Å². The van der Waals surface area contributed by atoms with Crippen molar-refractivity contribution >= 4 is 44.6 Å². The molecule has 0 bridgehead atoms. The molecule has 0 radical (unpaired) electrons. The van der Waals surface area contributed by atoms with Crippen molar-refractivity contribution in [2.45, 2.75) is 20.0 Å². The van der Waals surface area contributed by atoms with E-state index in [1.54, 1.807) is 30.5 Å². The van der Waals surface area contributed by atoms with E-state index in [-0.39, 0.29) is 5.56 Å². The highest BCUT2D eigenvalue weighted by atomic mass is 79.9. The fraction of sp³-hybridized carbons (Fsp3) is 0.125. The molecule has 4 aromatic rings. The number of aryl methyl sites for hydroxylation is 1. The molecule has 156 valence electrons. The fourth-order valence-electron chi connectivity index (χ4n) is 3.15. The van der Waals surface area contributed by atoms with Crippen LogP contribution in [0.1, 0.15) is 23.9 Å². The third-order valence-electron chi connectivity index (χ3n) is 4.71. The van der Waals surface area contributed by atoms with Crippen molar-refractivity contribution in [1.82, 2.24) is 9.66 Å². The molecule has 0 spiro atoms. The molecule has 1 aromatic heterocycles. The lowest BCUT2D eigenvalue weighted by Gasteiger charge is -2.11. The zero-order valence-corrected chi connectivity index (χ0v) is 19.1. The van der Waals surface area contributed by atoms with Crippen molar-refractivity contribution in [3.8, 4) is 5.75 Å². The summed E-state index contributed by atoms with van der Waals surface area (Å²) in [6, 6.07) is 20.6. The normalized spacial score (nSPS) is 11.3. The first-order valence-corrected chi connectivity index (χ1v) is 10.9. The third kappa shape index (κ3) is 4.86. The molecule has 4 rings (SSSR count). The molecule has 0 atom stereocenters. The average molecular weight is 497 g/mol. The molecule has 0 amide bonds. The Balaban J connectivity index is 1.71. The Bertz CT molecular complexity index is 1320. The number of halogens is 2. The summed E-state index contributed by atoms with van der Waals surface area (Å²) < 4.78 is 8.12. The minimum atomic E-state index is -0.229. The van der Waals surface area contributed by atoms with Gasteiger partial charge in [0, 0.05) is 21.5 Å². The Morgan fingerprint density at radius 3 is 2.71 bits per heavy atom. The molecule has 0 N–H and O–H groups in total. The highest BCUT2D eigenvalue weighted by Crippen LogP contribution is 2.23. The zero-order valence-electron chi connectivity index (χ0n) is 16.8. The van der Waals surface area contributed by atoms with Gasteiger partial charge in [-0.2, -0.15) is 9.78 Å². The first kappa shape index (κ1) is 21.3. The SMILES string of the molecule is CCc1nc2ccc(Br)cc2c(=O)n1N=Cc1cc(Cl)ccc1OCc1ccccc1. The van der Waals surface area contributed by atoms with Gasteiger partial charge in [-0.25, -0.2) is 4.98 Å². The average Bonchev–Trinajstić information content (AvgIpc) is 2.78. The van der Waals surface area contributed by atoms with E-state index in [2.05, 4.69) is 26.0 Å². The molecule has 0 saturated heterocycles. The van der Waals surface area contributed by atoms with Crippen LogP contribution in [0, 0.1) is 0 Å². The number of benzene rings is 3. The molecule has 0 aliphatic rings. The van der Waals surface area contributed by atoms with E-state index in [0.717, 1.165) is 10.0 Å². The number of ether oxygens (including phenoxy) is 1. The number of hydrogen-bond donors (Lipinski definition) is 0. The van der Waals surface area contributed by atoms with Crippen LogP contribution in [0.3, 0.4) is 0 Å². The molecule has 5 nitrogen and oxygen atoms in total. The molecule has 0 unspecified atom stereocenters. The van der Waals surface area contributed by atoms with Gasteiger partial charge >= 0.3 is 0 Å². The first-order valence-electron chi connectivity index (χ1n) is 9.77. The van der Waals surface area contributed by atoms with Crippen molar-refractivity contribution in [3.05, 3.63) is 104 Å². The van der Waals surface area contributed by atoms with Crippen LogP contribution in [-0.2, 0) is 13.0 Å². The topological polar surface area (TPSA) is 56.5 Å². The first-order chi connectivity index (χ1) is 15.0. The summed E-state index contributed by atoms with van der Waals surface area (Å²) >= 11 is 9.61. The van der Waals surface area contributed by atoms with Crippen molar-refractivity contribution in [2.75, 3.05) is 0 Å². The van der Waals surface area contributed by atoms with Crippen LogP contribution < -0.4 is 10.3 Å². The van der Waals surface area contributed by atoms with Gasteiger partial charge in [0.1, 0.15) is 18.2 Å². The lowest BCUT2D eigenvalue weighted by Crippen LogP contribution is -2.22. The van der Waals surface area contributed by atoms with Crippen LogP contribution in [0.2, 0.25) is 5.02 Å². The smallest absolute Gasteiger partial charge is 0.282 e. The van der Waals surface area contributed by atoms with Crippen LogP contribution in [0.25, 0.3) is 10.9 Å². The van der Waals surface area contributed by atoms with Gasteiger partial charge in [-0.1, -0.05) is 64.8 Å². The summed E-state index contributed by atoms with van der Waals surface area (Å²) in [5, 5.41) is 5.49. The number of fused-ring (bicyclic) bond motifs is 1. The zero-order chi connectivity index (χ0) is 21.8. The quantitative estimate of drug-likeness (QED) is 0.315. The number of aromatic nitrogens is 2. The van der Waals surface area contributed by atoms with Crippen molar-refractivity contribution in [3.63, 3.8) is 0 Å². The molecule has 31 heavy (non-hydrogen) atoms. The maximum absolute atomic E-state index is 13.1. The number of hydrogen-bond acceptors (Lipinski definition) is 4. The van der Waals surface area contributed by atoms with E-state index in [1.807, 2.05) is 49.4 Å². The highest BCUT2D eigenvalue weighted by Gasteiger charge is 2.10. The summed E-state index contributed by atoms with van der Waals surface area (Å²) in [4.78, 5) is 17.7. The lowest BCUT2D eigenvalue weighted by atomic mass is 10.2. The molecular formula is C24H19BrClN3O2. The van der Waals surface area contributed by atoms with Gasteiger partial charge in [0.25, 0.3) is 5.56 Å². The predicted octanol–water partition coefficient (Wildman–Crippen LogP) is 5.84. The van der Waals surface area contributed by atoms with Gasteiger partial charge in [0.05, 0.1) is 17.1 Å². The van der Waals surface area contributed by atoms with Gasteiger partial charge < -0.3 is 4.74 Å². The molecule has 0 aliphatic carbocycles. The summed E-state index contributed by atoms with van der Waals surface area (Å²) in [6.07, 6.45) is 2.14. The van der Waals surface area contributed by atoms with E-state index in [9.17, 15) is 4.79 Å². The van der Waals surface area contributed by atoms with Gasteiger partial charge in [-0.15, -0.1) is 0 Å². The molecule has 0 aliphatic heterocycles. The van der Waals surface area contributed by atoms with Crippen LogP contribution in [0.5, 0.6) is 5.75 Å². The van der Waals surface area contributed by atoms with E-state index in [1.165, 1.54) is 4.68 Å². The van der Waals surface area contributed by atoms with Crippen molar-refractivity contribution < 1.29 is 4.74 Å². The second kappa shape index (κ2) is 9.45. The molecular weight excluding hydrogens is 478 g/mol. The van der Waals surface area contributed by atoms with Crippen LogP contribution in [0.4, 0.5) is 0 Å². The maximum Gasteiger partial charge on any atom is 0.282 e. The number of nitrogens with zero attached hydrogens (tertiary/aromatic N) is 3. The van der Waals surface area contributed by atoms with Crippen molar-refractivity contribution in [2.24, 2.45) is 5.10 Å².